The number of furan rings is 1. The molecule has 6 nitrogen and oxygen atoms in total. The molecule has 2 aromatic rings. The zero-order valence-electron chi connectivity index (χ0n) is 16.2. The van der Waals surface area contributed by atoms with Crippen molar-refractivity contribution in [2.24, 2.45) is 18.9 Å². The van der Waals surface area contributed by atoms with Crippen LogP contribution in [0.25, 0.3) is 11.4 Å². The lowest BCUT2D eigenvalue weighted by Crippen LogP contribution is -2.46. The molecule has 1 saturated carbocycles. The van der Waals surface area contributed by atoms with Crippen molar-refractivity contribution in [2.45, 2.75) is 63.4 Å². The van der Waals surface area contributed by atoms with Crippen LogP contribution in [0.4, 0.5) is 0 Å². The van der Waals surface area contributed by atoms with Crippen LogP contribution in [0.2, 0.25) is 0 Å². The third-order valence-electron chi connectivity index (χ3n) is 5.62. The third-order valence-corrected chi connectivity index (χ3v) is 6.75. The first-order valence-electron chi connectivity index (χ1n) is 9.29. The molecule has 1 aliphatic rings. The summed E-state index contributed by atoms with van der Waals surface area (Å²) in [5, 5.41) is 12.3. The molecule has 1 N–H and O–H groups in total. The zero-order valence-corrected chi connectivity index (χ0v) is 17.0. The van der Waals surface area contributed by atoms with Crippen LogP contribution in [0.3, 0.4) is 0 Å². The van der Waals surface area contributed by atoms with Crippen LogP contribution in [-0.4, -0.2) is 32.0 Å². The van der Waals surface area contributed by atoms with Gasteiger partial charge in [-0.2, -0.15) is 0 Å². The Bertz CT molecular complexity index is 769. The van der Waals surface area contributed by atoms with Crippen molar-refractivity contribution in [2.75, 3.05) is 0 Å². The molecule has 7 heteroatoms. The van der Waals surface area contributed by atoms with Crippen molar-refractivity contribution in [3.8, 4) is 11.4 Å². The van der Waals surface area contributed by atoms with Gasteiger partial charge in [-0.05, 0) is 38.2 Å². The zero-order chi connectivity index (χ0) is 18.8. The molecule has 1 amide bonds. The molecule has 4 atom stereocenters. The van der Waals surface area contributed by atoms with E-state index in [4.69, 9.17) is 4.42 Å². The second kappa shape index (κ2) is 7.86. The summed E-state index contributed by atoms with van der Waals surface area (Å²) < 4.78 is 7.27. The van der Waals surface area contributed by atoms with Crippen molar-refractivity contribution < 1.29 is 9.21 Å². The Morgan fingerprint density at radius 1 is 1.38 bits per heavy atom. The minimum atomic E-state index is -0.222. The molecule has 1 aliphatic carbocycles. The highest BCUT2D eigenvalue weighted by atomic mass is 32.2. The maximum Gasteiger partial charge on any atom is 0.233 e. The quantitative estimate of drug-likeness (QED) is 0.804. The van der Waals surface area contributed by atoms with E-state index in [-0.39, 0.29) is 17.2 Å². The van der Waals surface area contributed by atoms with E-state index in [1.165, 1.54) is 24.6 Å². The van der Waals surface area contributed by atoms with Gasteiger partial charge in [0.05, 0.1) is 17.1 Å². The Labute approximate surface area is 159 Å². The normalized spacial score (nSPS) is 24.4. The van der Waals surface area contributed by atoms with E-state index >= 15 is 0 Å². The molecule has 0 saturated heterocycles. The van der Waals surface area contributed by atoms with Gasteiger partial charge in [0.1, 0.15) is 5.76 Å². The van der Waals surface area contributed by atoms with E-state index in [2.05, 4.69) is 29.4 Å². The van der Waals surface area contributed by atoms with Gasteiger partial charge in [-0.3, -0.25) is 4.79 Å². The van der Waals surface area contributed by atoms with Crippen LogP contribution in [0.5, 0.6) is 0 Å². The lowest BCUT2D eigenvalue weighted by Gasteiger charge is -2.35. The largest absolute Gasteiger partial charge is 0.469 e. The molecule has 26 heavy (non-hydrogen) atoms. The van der Waals surface area contributed by atoms with Crippen molar-refractivity contribution in [1.82, 2.24) is 20.1 Å². The van der Waals surface area contributed by atoms with E-state index in [1.807, 2.05) is 31.5 Å². The van der Waals surface area contributed by atoms with Crippen molar-refractivity contribution in [3.63, 3.8) is 0 Å². The maximum absolute atomic E-state index is 12.7. The van der Waals surface area contributed by atoms with Crippen LogP contribution in [0.1, 0.15) is 45.8 Å². The van der Waals surface area contributed by atoms with Gasteiger partial charge in [0, 0.05) is 13.1 Å². The molecule has 1 fully saturated rings. The van der Waals surface area contributed by atoms with Gasteiger partial charge in [0.2, 0.25) is 5.91 Å². The fourth-order valence-corrected chi connectivity index (χ4v) is 4.39. The van der Waals surface area contributed by atoms with Crippen LogP contribution in [0, 0.1) is 18.8 Å². The van der Waals surface area contributed by atoms with E-state index in [1.54, 1.807) is 6.26 Å². The van der Waals surface area contributed by atoms with Crippen molar-refractivity contribution in [3.05, 3.63) is 18.1 Å². The predicted molar refractivity (Wildman–Crippen MR) is 103 cm³/mol. The standard InChI is InChI=1S/C19H28N4O2S/c1-11-7-6-8-16(12(11)2)20-18(24)14(4)26-19-22-21-17(23(19)5)15-9-10-25-13(15)3/h9-12,14,16H,6-8H2,1-5H3,(H,20,24)/t11-,12-,14+,16-/m0/s1. The first kappa shape index (κ1) is 19.0. The van der Waals surface area contributed by atoms with Gasteiger partial charge in [0.25, 0.3) is 0 Å². The average molecular weight is 377 g/mol. The first-order chi connectivity index (χ1) is 12.4. The average Bonchev–Trinajstić information content (AvgIpc) is 3.18. The summed E-state index contributed by atoms with van der Waals surface area (Å²) in [7, 11) is 1.92. The molecule has 0 aliphatic heterocycles. The number of amides is 1. The molecule has 0 bridgehead atoms. The second-order valence-electron chi connectivity index (χ2n) is 7.40. The van der Waals surface area contributed by atoms with Gasteiger partial charge < -0.3 is 14.3 Å². The summed E-state index contributed by atoms with van der Waals surface area (Å²) in [6, 6.07) is 2.16. The lowest BCUT2D eigenvalue weighted by molar-refractivity contribution is -0.121. The minimum Gasteiger partial charge on any atom is -0.469 e. The maximum atomic E-state index is 12.7. The molecule has 142 valence electrons. The van der Waals surface area contributed by atoms with E-state index in [0.29, 0.717) is 11.8 Å². The monoisotopic (exact) mass is 376 g/mol. The molecule has 0 aromatic carbocycles. The molecule has 2 aromatic heterocycles. The Morgan fingerprint density at radius 3 is 2.85 bits per heavy atom. The SMILES string of the molecule is Cc1occc1-c1nnc(S[C@H](C)C(=O)N[C@H]2CCC[C@H](C)[C@@H]2C)n1C. The number of hydrogen-bond acceptors (Lipinski definition) is 5. The van der Waals surface area contributed by atoms with E-state index in [9.17, 15) is 4.79 Å². The molecular weight excluding hydrogens is 348 g/mol. The van der Waals surface area contributed by atoms with Gasteiger partial charge in [-0.25, -0.2) is 0 Å². The van der Waals surface area contributed by atoms with Crippen LogP contribution >= 0.6 is 11.8 Å². The van der Waals surface area contributed by atoms with Crippen LogP contribution in [-0.2, 0) is 11.8 Å². The summed E-state index contributed by atoms with van der Waals surface area (Å²) in [6.45, 7) is 8.35. The Hall–Kier alpha value is -1.76. The molecule has 2 heterocycles. The van der Waals surface area contributed by atoms with Gasteiger partial charge in [-0.15, -0.1) is 10.2 Å². The van der Waals surface area contributed by atoms with E-state index < -0.39 is 0 Å². The number of carbonyl (C=O) groups excluding carboxylic acids is 1. The smallest absolute Gasteiger partial charge is 0.233 e. The summed E-state index contributed by atoms with van der Waals surface area (Å²) in [5.41, 5.74) is 0.925. The molecule has 0 spiro atoms. The van der Waals surface area contributed by atoms with Crippen molar-refractivity contribution in [1.29, 1.82) is 0 Å². The molecule has 0 unspecified atom stereocenters. The van der Waals surface area contributed by atoms with Gasteiger partial charge >= 0.3 is 0 Å². The highest BCUT2D eigenvalue weighted by Crippen LogP contribution is 2.31. The molecular formula is C19H28N4O2S. The van der Waals surface area contributed by atoms with Crippen molar-refractivity contribution >= 4 is 17.7 Å². The summed E-state index contributed by atoms with van der Waals surface area (Å²) in [5.74, 6) is 2.82. The summed E-state index contributed by atoms with van der Waals surface area (Å²) in [6.07, 6.45) is 5.17. The Balaban J connectivity index is 1.65. The summed E-state index contributed by atoms with van der Waals surface area (Å²) in [4.78, 5) is 12.7. The van der Waals surface area contributed by atoms with Crippen LogP contribution in [0.15, 0.2) is 21.9 Å². The lowest BCUT2D eigenvalue weighted by atomic mass is 9.78. The molecule has 0 radical (unpaired) electrons. The van der Waals surface area contributed by atoms with E-state index in [0.717, 1.165) is 28.7 Å². The fraction of sp³-hybridized carbons (Fsp3) is 0.632. The Morgan fingerprint density at radius 2 is 2.15 bits per heavy atom. The number of nitrogens with one attached hydrogen (secondary N) is 1. The topological polar surface area (TPSA) is 72.9 Å². The molecule has 3 rings (SSSR count). The second-order valence-corrected chi connectivity index (χ2v) is 8.71. The highest BCUT2D eigenvalue weighted by Gasteiger charge is 2.30. The number of carbonyl (C=O) groups is 1. The number of rotatable bonds is 5. The highest BCUT2D eigenvalue weighted by molar-refractivity contribution is 8.00. The summed E-state index contributed by atoms with van der Waals surface area (Å²) >= 11 is 1.44. The number of hydrogen-bond donors (Lipinski definition) is 1. The third kappa shape index (κ3) is 3.82. The Kier molecular flexibility index (Phi) is 5.75. The number of thioether (sulfide) groups is 1. The minimum absolute atomic E-state index is 0.0741. The fourth-order valence-electron chi connectivity index (χ4n) is 3.57. The number of aryl methyl sites for hydroxylation is 1. The number of nitrogens with zero attached hydrogens (tertiary/aromatic N) is 3. The predicted octanol–water partition coefficient (Wildman–Crippen LogP) is 3.81. The van der Waals surface area contributed by atoms with Crippen LogP contribution < -0.4 is 5.32 Å². The number of aromatic nitrogens is 3. The van der Waals surface area contributed by atoms with Gasteiger partial charge in [-0.1, -0.05) is 38.5 Å². The van der Waals surface area contributed by atoms with Gasteiger partial charge in [0.15, 0.2) is 11.0 Å². The first-order valence-corrected chi connectivity index (χ1v) is 10.2.